The summed E-state index contributed by atoms with van der Waals surface area (Å²) in [5.74, 6) is 0.00528. The van der Waals surface area contributed by atoms with E-state index in [0.29, 0.717) is 25.0 Å². The number of carbonyl (C=O) groups is 1. The van der Waals surface area contributed by atoms with Crippen molar-refractivity contribution in [2.24, 2.45) is 5.41 Å². The minimum Gasteiger partial charge on any atom is -0.311 e. The van der Waals surface area contributed by atoms with E-state index in [2.05, 4.69) is 10.3 Å². The molecule has 124 valence electrons. The van der Waals surface area contributed by atoms with E-state index in [1.807, 2.05) is 0 Å². The molecule has 1 spiro atoms. The summed E-state index contributed by atoms with van der Waals surface area (Å²) in [6.07, 6.45) is 1.22. The Morgan fingerprint density at radius 3 is 2.61 bits per heavy atom. The van der Waals surface area contributed by atoms with Crippen molar-refractivity contribution in [1.82, 2.24) is 10.3 Å². The summed E-state index contributed by atoms with van der Waals surface area (Å²) in [7, 11) is 0. The van der Waals surface area contributed by atoms with Crippen LogP contribution in [0, 0.1) is 5.41 Å². The van der Waals surface area contributed by atoms with E-state index in [1.54, 1.807) is 0 Å². The van der Waals surface area contributed by atoms with E-state index in [0.717, 1.165) is 44.0 Å². The van der Waals surface area contributed by atoms with Gasteiger partial charge in [0.15, 0.2) is 0 Å². The zero-order valence-electron chi connectivity index (χ0n) is 12.6. The molecule has 0 radical (unpaired) electrons. The van der Waals surface area contributed by atoms with Gasteiger partial charge in [0.2, 0.25) is 5.91 Å². The maximum absolute atomic E-state index is 12.9. The first kappa shape index (κ1) is 14.9. The molecular formula is C16H18F3N3O. The van der Waals surface area contributed by atoms with E-state index in [-0.39, 0.29) is 17.1 Å². The quantitative estimate of drug-likeness (QED) is 0.863. The molecule has 4 rings (SSSR count). The highest BCUT2D eigenvalue weighted by molar-refractivity contribution is 5.95. The molecule has 4 nitrogen and oxygen atoms in total. The molecule has 3 fully saturated rings. The van der Waals surface area contributed by atoms with E-state index in [4.69, 9.17) is 0 Å². The summed E-state index contributed by atoms with van der Waals surface area (Å²) in [6.45, 7) is 0.481. The number of hydrogen-bond donors (Lipinski definition) is 1. The smallest absolute Gasteiger partial charge is 0.311 e. The summed E-state index contributed by atoms with van der Waals surface area (Å²) >= 11 is 0. The van der Waals surface area contributed by atoms with Gasteiger partial charge in [0, 0.05) is 36.7 Å². The second kappa shape index (κ2) is 4.93. The van der Waals surface area contributed by atoms with Crippen LogP contribution in [0.1, 0.15) is 37.7 Å². The molecule has 3 saturated heterocycles. The first-order valence-electron chi connectivity index (χ1n) is 7.94. The third kappa shape index (κ3) is 2.60. The normalized spacial score (nSPS) is 33.7. The summed E-state index contributed by atoms with van der Waals surface area (Å²) in [4.78, 5) is 17.9. The van der Waals surface area contributed by atoms with Crippen LogP contribution in [0.3, 0.4) is 0 Å². The molecule has 2 bridgehead atoms. The van der Waals surface area contributed by atoms with Gasteiger partial charge in [0.25, 0.3) is 0 Å². The number of halogens is 3. The van der Waals surface area contributed by atoms with E-state index < -0.39 is 11.7 Å². The Balaban J connectivity index is 1.60. The lowest BCUT2D eigenvalue weighted by Gasteiger charge is -2.37. The number of rotatable bonds is 1. The average molecular weight is 325 g/mol. The van der Waals surface area contributed by atoms with Crippen LogP contribution in [0.15, 0.2) is 18.3 Å². The fourth-order valence-electron chi connectivity index (χ4n) is 4.47. The molecule has 2 unspecified atom stereocenters. The Hall–Kier alpha value is -1.63. The average Bonchev–Trinajstić information content (AvgIpc) is 2.98. The first-order valence-corrected chi connectivity index (χ1v) is 7.94. The van der Waals surface area contributed by atoms with Crippen LogP contribution < -0.4 is 10.2 Å². The number of anilines is 1. The van der Waals surface area contributed by atoms with Crippen LogP contribution in [-0.4, -0.2) is 29.5 Å². The van der Waals surface area contributed by atoms with Gasteiger partial charge >= 0.3 is 6.18 Å². The zero-order valence-corrected chi connectivity index (χ0v) is 12.6. The number of aromatic nitrogens is 1. The Morgan fingerprint density at radius 2 is 1.96 bits per heavy atom. The molecule has 1 aromatic heterocycles. The van der Waals surface area contributed by atoms with Crippen molar-refractivity contribution in [2.45, 2.75) is 50.4 Å². The highest BCUT2D eigenvalue weighted by Crippen LogP contribution is 2.47. The van der Waals surface area contributed by atoms with Crippen LogP contribution in [0.4, 0.5) is 19.0 Å². The molecule has 1 amide bonds. The number of alkyl halides is 3. The van der Waals surface area contributed by atoms with Crippen molar-refractivity contribution in [3.8, 4) is 0 Å². The van der Waals surface area contributed by atoms with Crippen molar-refractivity contribution in [1.29, 1.82) is 0 Å². The van der Waals surface area contributed by atoms with Crippen LogP contribution >= 0.6 is 0 Å². The second-order valence-electron chi connectivity index (χ2n) is 7.10. The molecule has 3 aliphatic heterocycles. The lowest BCUT2D eigenvalue weighted by Crippen LogP contribution is -2.45. The molecule has 0 aromatic carbocycles. The fourth-order valence-corrected chi connectivity index (χ4v) is 4.47. The third-order valence-electron chi connectivity index (χ3n) is 5.36. The van der Waals surface area contributed by atoms with Crippen molar-refractivity contribution >= 4 is 11.7 Å². The summed E-state index contributed by atoms with van der Waals surface area (Å²) < 4.78 is 38.6. The van der Waals surface area contributed by atoms with Gasteiger partial charge in [0.05, 0.1) is 5.56 Å². The minimum absolute atomic E-state index is 0.107. The van der Waals surface area contributed by atoms with Crippen LogP contribution in [0.5, 0.6) is 0 Å². The molecule has 23 heavy (non-hydrogen) atoms. The van der Waals surface area contributed by atoms with Crippen LogP contribution in [0.25, 0.3) is 0 Å². The van der Waals surface area contributed by atoms with Gasteiger partial charge in [-0.3, -0.25) is 9.69 Å². The number of nitrogens with zero attached hydrogens (tertiary/aromatic N) is 2. The number of carbonyl (C=O) groups excluding carboxylic acids is 1. The fraction of sp³-hybridized carbons (Fsp3) is 0.625. The Kier molecular flexibility index (Phi) is 3.20. The Morgan fingerprint density at radius 1 is 1.26 bits per heavy atom. The maximum Gasteiger partial charge on any atom is 0.416 e. The molecule has 1 aromatic rings. The molecule has 2 atom stereocenters. The van der Waals surface area contributed by atoms with Gasteiger partial charge in [-0.15, -0.1) is 0 Å². The van der Waals surface area contributed by atoms with Gasteiger partial charge in [-0.05, 0) is 37.8 Å². The number of piperidine rings is 1. The van der Waals surface area contributed by atoms with Gasteiger partial charge in [-0.1, -0.05) is 0 Å². The van der Waals surface area contributed by atoms with E-state index in [9.17, 15) is 18.0 Å². The van der Waals surface area contributed by atoms with E-state index in [1.165, 1.54) is 4.90 Å². The second-order valence-corrected chi connectivity index (χ2v) is 7.10. The minimum atomic E-state index is -4.42. The lowest BCUT2D eigenvalue weighted by molar-refractivity contribution is -0.137. The van der Waals surface area contributed by atoms with E-state index >= 15 is 0 Å². The van der Waals surface area contributed by atoms with Gasteiger partial charge < -0.3 is 5.32 Å². The number of amides is 1. The van der Waals surface area contributed by atoms with Crippen molar-refractivity contribution < 1.29 is 18.0 Å². The highest BCUT2D eigenvalue weighted by atomic mass is 19.4. The molecule has 0 aliphatic carbocycles. The summed E-state index contributed by atoms with van der Waals surface area (Å²) in [5.41, 5.74) is -0.869. The lowest BCUT2D eigenvalue weighted by atomic mass is 9.75. The third-order valence-corrected chi connectivity index (χ3v) is 5.36. The number of nitrogens with one attached hydrogen (secondary N) is 1. The topological polar surface area (TPSA) is 45.2 Å². The highest BCUT2D eigenvalue weighted by Gasteiger charge is 2.50. The SMILES string of the molecule is O=C1CC2(CC3CCC(C2)N3)CN1c1cc(C(F)(F)F)ccn1. The molecule has 1 N–H and O–H groups in total. The van der Waals surface area contributed by atoms with Crippen molar-refractivity contribution in [3.63, 3.8) is 0 Å². The van der Waals surface area contributed by atoms with Crippen LogP contribution in [0.2, 0.25) is 0 Å². The molecule has 4 heterocycles. The predicted molar refractivity (Wildman–Crippen MR) is 77.8 cm³/mol. The molecule has 3 aliphatic rings. The Labute approximate surface area is 132 Å². The standard InChI is InChI=1S/C16H18F3N3O/c17-16(18,19)10-3-4-20-13(5-10)22-9-15(8-14(22)23)6-11-1-2-12(7-15)21-11/h3-5,11-12,21H,1-2,6-9H2. The molecule has 7 heteroatoms. The summed E-state index contributed by atoms with van der Waals surface area (Å²) in [5, 5.41) is 3.55. The number of pyridine rings is 1. The van der Waals surface area contributed by atoms with Crippen LogP contribution in [-0.2, 0) is 11.0 Å². The number of hydrogen-bond acceptors (Lipinski definition) is 3. The zero-order chi connectivity index (χ0) is 16.2. The van der Waals surface area contributed by atoms with Gasteiger partial charge in [0.1, 0.15) is 5.82 Å². The molecule has 0 saturated carbocycles. The first-order chi connectivity index (χ1) is 10.8. The monoisotopic (exact) mass is 325 g/mol. The maximum atomic E-state index is 12.9. The summed E-state index contributed by atoms with van der Waals surface area (Å²) in [6, 6.07) is 2.80. The largest absolute Gasteiger partial charge is 0.416 e. The van der Waals surface area contributed by atoms with Crippen molar-refractivity contribution in [3.05, 3.63) is 23.9 Å². The predicted octanol–water partition coefficient (Wildman–Crippen LogP) is 2.74. The Bertz CT molecular complexity index is 634. The van der Waals surface area contributed by atoms with Gasteiger partial charge in [-0.25, -0.2) is 4.98 Å². The van der Waals surface area contributed by atoms with Gasteiger partial charge in [-0.2, -0.15) is 13.2 Å². The number of fused-ring (bicyclic) bond motifs is 2. The van der Waals surface area contributed by atoms with Crippen molar-refractivity contribution in [2.75, 3.05) is 11.4 Å². The molecular weight excluding hydrogens is 307 g/mol.